The molecule has 0 atom stereocenters. The molecule has 3 heterocycles. The lowest BCUT2D eigenvalue weighted by atomic mass is 10.3. The Hall–Kier alpha value is -1.47. The summed E-state index contributed by atoms with van der Waals surface area (Å²) in [6.45, 7) is 2.10. The molecule has 3 rings (SSSR count). The van der Waals surface area contributed by atoms with Crippen molar-refractivity contribution in [3.63, 3.8) is 0 Å². The number of hydrogen-bond acceptors (Lipinski definition) is 7. The van der Waals surface area contributed by atoms with Gasteiger partial charge in [-0.25, -0.2) is 9.97 Å². The second kappa shape index (κ2) is 5.66. The average Bonchev–Trinajstić information content (AvgIpc) is 3.05. The Balaban J connectivity index is 1.73. The van der Waals surface area contributed by atoms with E-state index in [1.165, 1.54) is 0 Å². The summed E-state index contributed by atoms with van der Waals surface area (Å²) in [5.41, 5.74) is 0.986. The van der Waals surface area contributed by atoms with Crippen LogP contribution in [0.5, 0.6) is 0 Å². The van der Waals surface area contributed by atoms with Gasteiger partial charge in [0, 0.05) is 6.42 Å². The molecule has 98 valence electrons. The molecule has 0 fully saturated rings. The highest BCUT2D eigenvalue weighted by molar-refractivity contribution is 7.98. The zero-order chi connectivity index (χ0) is 13.1. The van der Waals surface area contributed by atoms with Gasteiger partial charge in [0.1, 0.15) is 11.4 Å². The number of hydrogen-bond donors (Lipinski definition) is 0. The van der Waals surface area contributed by atoms with Gasteiger partial charge in [-0.3, -0.25) is 0 Å². The van der Waals surface area contributed by atoms with Gasteiger partial charge in [0.25, 0.3) is 0 Å². The lowest BCUT2D eigenvalue weighted by Gasteiger charge is -1.98. The third-order valence-corrected chi connectivity index (χ3v) is 4.54. The van der Waals surface area contributed by atoms with Crippen molar-refractivity contribution in [1.82, 2.24) is 20.1 Å². The predicted octanol–water partition coefficient (Wildman–Crippen LogP) is 3.32. The van der Waals surface area contributed by atoms with Crippen LogP contribution in [0, 0.1) is 0 Å². The van der Waals surface area contributed by atoms with Gasteiger partial charge in [-0.1, -0.05) is 23.8 Å². The van der Waals surface area contributed by atoms with E-state index in [-0.39, 0.29) is 0 Å². The number of nitrogens with zero attached hydrogens (tertiary/aromatic N) is 4. The smallest absolute Gasteiger partial charge is 0.237 e. The lowest BCUT2D eigenvalue weighted by Crippen LogP contribution is -1.88. The van der Waals surface area contributed by atoms with Gasteiger partial charge in [-0.05, 0) is 17.9 Å². The predicted molar refractivity (Wildman–Crippen MR) is 75.3 cm³/mol. The number of rotatable bonds is 5. The van der Waals surface area contributed by atoms with E-state index in [9.17, 15) is 0 Å². The van der Waals surface area contributed by atoms with E-state index in [1.54, 1.807) is 29.4 Å². The Kier molecular flexibility index (Phi) is 3.74. The van der Waals surface area contributed by atoms with Crippen molar-refractivity contribution < 1.29 is 4.52 Å². The third-order valence-electron chi connectivity index (χ3n) is 2.53. The van der Waals surface area contributed by atoms with Gasteiger partial charge >= 0.3 is 0 Å². The molecule has 5 nitrogen and oxygen atoms in total. The Morgan fingerprint density at radius 2 is 2.32 bits per heavy atom. The van der Waals surface area contributed by atoms with Gasteiger partial charge in [-0.2, -0.15) is 4.98 Å². The topological polar surface area (TPSA) is 64.7 Å². The first-order valence-electron chi connectivity index (χ1n) is 5.99. The minimum absolute atomic E-state index is 0.640. The molecule has 0 unspecified atom stereocenters. The molecule has 0 aliphatic heterocycles. The first kappa shape index (κ1) is 12.6. The van der Waals surface area contributed by atoms with E-state index in [4.69, 9.17) is 4.52 Å². The van der Waals surface area contributed by atoms with Crippen molar-refractivity contribution in [2.45, 2.75) is 30.5 Å². The molecule has 0 bridgehead atoms. The van der Waals surface area contributed by atoms with E-state index in [0.717, 1.165) is 33.9 Å². The van der Waals surface area contributed by atoms with Gasteiger partial charge in [-0.15, -0.1) is 11.3 Å². The molecular weight excluding hydrogens is 280 g/mol. The molecule has 0 saturated heterocycles. The van der Waals surface area contributed by atoms with Crippen LogP contribution in [0.25, 0.3) is 10.2 Å². The number of thioether (sulfide) groups is 1. The van der Waals surface area contributed by atoms with Crippen LogP contribution in [0.3, 0.4) is 0 Å². The first-order chi connectivity index (χ1) is 9.36. The number of aromatic nitrogens is 4. The van der Waals surface area contributed by atoms with Gasteiger partial charge < -0.3 is 4.52 Å². The van der Waals surface area contributed by atoms with Crippen molar-refractivity contribution >= 4 is 33.3 Å². The minimum Gasteiger partial charge on any atom is -0.338 e. The van der Waals surface area contributed by atoms with E-state index in [2.05, 4.69) is 27.0 Å². The quantitative estimate of drug-likeness (QED) is 0.531. The summed E-state index contributed by atoms with van der Waals surface area (Å²) >= 11 is 3.25. The van der Waals surface area contributed by atoms with Crippen LogP contribution in [0.1, 0.15) is 25.1 Å². The Labute approximate surface area is 118 Å². The van der Waals surface area contributed by atoms with Crippen molar-refractivity contribution in [3.05, 3.63) is 29.5 Å². The van der Waals surface area contributed by atoms with Crippen LogP contribution >= 0.6 is 23.1 Å². The molecule has 0 aliphatic carbocycles. The zero-order valence-corrected chi connectivity index (χ0v) is 12.0. The summed E-state index contributed by atoms with van der Waals surface area (Å²) in [7, 11) is 0. The maximum atomic E-state index is 5.21. The average molecular weight is 292 g/mol. The van der Waals surface area contributed by atoms with Crippen LogP contribution < -0.4 is 0 Å². The molecule has 3 aromatic rings. The normalized spacial score (nSPS) is 11.2. The number of fused-ring (bicyclic) bond motifs is 1. The summed E-state index contributed by atoms with van der Waals surface area (Å²) in [5, 5.41) is 6.93. The highest BCUT2D eigenvalue weighted by atomic mass is 32.2. The van der Waals surface area contributed by atoms with Crippen molar-refractivity contribution in [2.75, 3.05) is 0 Å². The van der Waals surface area contributed by atoms with Crippen LogP contribution in [0.4, 0.5) is 0 Å². The maximum Gasteiger partial charge on any atom is 0.237 e. The standard InChI is InChI=1S/C12H12N4OS2/c1-2-3-9-15-10(17-16-9)6-19-12-11-8(4-5-18-11)13-7-14-12/h4-5,7H,2-3,6H2,1H3. The highest BCUT2D eigenvalue weighted by Crippen LogP contribution is 2.30. The van der Waals surface area contributed by atoms with Crippen molar-refractivity contribution in [2.24, 2.45) is 0 Å². The van der Waals surface area contributed by atoms with Crippen molar-refractivity contribution in [1.29, 1.82) is 0 Å². The first-order valence-corrected chi connectivity index (χ1v) is 7.86. The van der Waals surface area contributed by atoms with E-state index in [0.29, 0.717) is 11.6 Å². The highest BCUT2D eigenvalue weighted by Gasteiger charge is 2.10. The van der Waals surface area contributed by atoms with Crippen LogP contribution in [-0.2, 0) is 12.2 Å². The molecule has 19 heavy (non-hydrogen) atoms. The zero-order valence-electron chi connectivity index (χ0n) is 10.4. The fourth-order valence-electron chi connectivity index (χ4n) is 1.67. The Morgan fingerprint density at radius 3 is 3.21 bits per heavy atom. The largest absolute Gasteiger partial charge is 0.338 e. The van der Waals surface area contributed by atoms with E-state index >= 15 is 0 Å². The summed E-state index contributed by atoms with van der Waals surface area (Å²) in [4.78, 5) is 12.9. The van der Waals surface area contributed by atoms with Crippen LogP contribution in [-0.4, -0.2) is 20.1 Å². The number of thiophene rings is 1. The minimum atomic E-state index is 0.640. The number of aryl methyl sites for hydroxylation is 1. The SMILES string of the molecule is CCCc1noc(CSc2ncnc3ccsc23)n1. The Morgan fingerprint density at radius 1 is 1.37 bits per heavy atom. The van der Waals surface area contributed by atoms with Crippen molar-refractivity contribution in [3.8, 4) is 0 Å². The van der Waals surface area contributed by atoms with E-state index < -0.39 is 0 Å². The van der Waals surface area contributed by atoms with Gasteiger partial charge in [0.2, 0.25) is 5.89 Å². The third kappa shape index (κ3) is 2.76. The van der Waals surface area contributed by atoms with Crippen LogP contribution in [0.15, 0.2) is 27.3 Å². The molecule has 3 aromatic heterocycles. The molecule has 0 radical (unpaired) electrons. The fourth-order valence-corrected chi connectivity index (χ4v) is 3.46. The Bertz CT molecular complexity index is 679. The van der Waals surface area contributed by atoms with Gasteiger partial charge in [0.15, 0.2) is 5.82 Å². The molecule has 0 aliphatic rings. The summed E-state index contributed by atoms with van der Waals surface area (Å²) in [6.07, 6.45) is 3.47. The summed E-state index contributed by atoms with van der Waals surface area (Å²) in [5.74, 6) is 2.07. The second-order valence-corrected chi connectivity index (χ2v) is 5.84. The molecule has 7 heteroatoms. The molecule has 0 N–H and O–H groups in total. The molecular formula is C12H12N4OS2. The molecule has 0 aromatic carbocycles. The molecule has 0 amide bonds. The second-order valence-electron chi connectivity index (χ2n) is 3.96. The fraction of sp³-hybridized carbons (Fsp3) is 0.333. The maximum absolute atomic E-state index is 5.21. The summed E-state index contributed by atoms with van der Waals surface area (Å²) in [6, 6.07) is 2.00. The van der Waals surface area contributed by atoms with Crippen LogP contribution in [0.2, 0.25) is 0 Å². The monoisotopic (exact) mass is 292 g/mol. The van der Waals surface area contributed by atoms with Gasteiger partial charge in [0.05, 0.1) is 16.0 Å². The lowest BCUT2D eigenvalue weighted by molar-refractivity contribution is 0.384. The molecule has 0 saturated carbocycles. The summed E-state index contributed by atoms with van der Waals surface area (Å²) < 4.78 is 6.32. The van der Waals surface area contributed by atoms with E-state index in [1.807, 2.05) is 11.4 Å². The molecule has 0 spiro atoms.